The van der Waals surface area contributed by atoms with E-state index in [0.29, 0.717) is 6.54 Å². The molecule has 1 saturated heterocycles. The van der Waals surface area contributed by atoms with Crippen molar-refractivity contribution < 1.29 is 9.32 Å². The van der Waals surface area contributed by atoms with Crippen LogP contribution in [0.5, 0.6) is 0 Å². The van der Waals surface area contributed by atoms with Crippen molar-refractivity contribution >= 4 is 35.8 Å². The summed E-state index contributed by atoms with van der Waals surface area (Å²) in [6.07, 6.45) is 1.57. The van der Waals surface area contributed by atoms with Crippen LogP contribution < -0.4 is 5.32 Å². The number of guanidine groups is 1. The van der Waals surface area contributed by atoms with Gasteiger partial charge in [0.25, 0.3) is 0 Å². The summed E-state index contributed by atoms with van der Waals surface area (Å²) in [5, 5.41) is 7.27. The average Bonchev–Trinajstić information content (AvgIpc) is 3.04. The molecule has 1 aliphatic rings. The molecule has 136 valence electrons. The number of carbonyl (C=O) groups is 1. The number of carbonyl (C=O) groups excluding carboxylic acids is 1. The van der Waals surface area contributed by atoms with Crippen molar-refractivity contribution in [3.05, 3.63) is 18.0 Å². The van der Waals surface area contributed by atoms with E-state index in [4.69, 9.17) is 4.52 Å². The van der Waals surface area contributed by atoms with E-state index in [2.05, 4.69) is 20.4 Å². The van der Waals surface area contributed by atoms with Crippen molar-refractivity contribution in [2.75, 3.05) is 53.4 Å². The van der Waals surface area contributed by atoms with Gasteiger partial charge in [-0.15, -0.1) is 24.0 Å². The fraction of sp³-hybridized carbons (Fsp3) is 0.667. The smallest absolute Gasteiger partial charge is 0.219 e. The van der Waals surface area contributed by atoms with Gasteiger partial charge in [-0.25, -0.2) is 0 Å². The minimum absolute atomic E-state index is 0. The van der Waals surface area contributed by atoms with E-state index in [1.807, 2.05) is 22.9 Å². The summed E-state index contributed by atoms with van der Waals surface area (Å²) in [5.74, 6) is 0.994. The maximum Gasteiger partial charge on any atom is 0.219 e. The number of nitrogens with zero attached hydrogens (tertiary/aromatic N) is 5. The van der Waals surface area contributed by atoms with E-state index in [9.17, 15) is 4.79 Å². The molecule has 8 nitrogen and oxygen atoms in total. The van der Waals surface area contributed by atoms with Crippen LogP contribution in [-0.2, 0) is 11.3 Å². The molecule has 1 fully saturated rings. The Bertz CT molecular complexity index is 514. The van der Waals surface area contributed by atoms with Gasteiger partial charge in [0.2, 0.25) is 5.91 Å². The van der Waals surface area contributed by atoms with Crippen molar-refractivity contribution in [1.82, 2.24) is 25.2 Å². The fourth-order valence-corrected chi connectivity index (χ4v) is 2.63. The molecular formula is C15H27IN6O2. The number of amides is 1. The summed E-state index contributed by atoms with van der Waals surface area (Å²) >= 11 is 0. The van der Waals surface area contributed by atoms with Gasteiger partial charge >= 0.3 is 0 Å². The highest BCUT2D eigenvalue weighted by Gasteiger charge is 2.18. The molecule has 2 rings (SSSR count). The van der Waals surface area contributed by atoms with Gasteiger partial charge in [-0.05, 0) is 0 Å². The van der Waals surface area contributed by atoms with Gasteiger partial charge in [0, 0.05) is 66.4 Å². The third-order valence-corrected chi connectivity index (χ3v) is 3.99. The SMILES string of the molecule is CN=C(NCCN1CCN(C(C)=O)CC1)N(C)Cc1ccon1.I. The summed E-state index contributed by atoms with van der Waals surface area (Å²) in [4.78, 5) is 21.9. The van der Waals surface area contributed by atoms with Crippen molar-refractivity contribution in [2.24, 2.45) is 4.99 Å². The van der Waals surface area contributed by atoms with E-state index >= 15 is 0 Å². The first-order chi connectivity index (χ1) is 11.1. The molecule has 0 atom stereocenters. The molecule has 0 bridgehead atoms. The summed E-state index contributed by atoms with van der Waals surface area (Å²) in [6, 6.07) is 1.85. The maximum atomic E-state index is 11.3. The van der Waals surface area contributed by atoms with E-state index in [0.717, 1.165) is 50.9 Å². The predicted octanol–water partition coefficient (Wildman–Crippen LogP) is 0.464. The van der Waals surface area contributed by atoms with Gasteiger partial charge < -0.3 is 19.6 Å². The Kier molecular flexibility index (Phi) is 9.04. The second kappa shape index (κ2) is 10.5. The molecule has 1 aliphatic heterocycles. The number of nitrogens with one attached hydrogen (secondary N) is 1. The van der Waals surface area contributed by atoms with Crippen molar-refractivity contribution in [2.45, 2.75) is 13.5 Å². The van der Waals surface area contributed by atoms with Crippen LogP contribution in [0.3, 0.4) is 0 Å². The van der Waals surface area contributed by atoms with Crippen molar-refractivity contribution in [3.63, 3.8) is 0 Å². The zero-order valence-electron chi connectivity index (χ0n) is 14.6. The lowest BCUT2D eigenvalue weighted by Gasteiger charge is -2.34. The van der Waals surface area contributed by atoms with Crippen LogP contribution in [0, 0.1) is 0 Å². The summed E-state index contributed by atoms with van der Waals surface area (Å²) in [7, 11) is 3.74. The molecule has 0 spiro atoms. The largest absolute Gasteiger partial charge is 0.364 e. The lowest BCUT2D eigenvalue weighted by molar-refractivity contribution is -0.130. The van der Waals surface area contributed by atoms with Crippen LogP contribution in [0.15, 0.2) is 21.8 Å². The third kappa shape index (κ3) is 6.27. The minimum Gasteiger partial charge on any atom is -0.364 e. The molecular weight excluding hydrogens is 423 g/mol. The Morgan fingerprint density at radius 1 is 1.42 bits per heavy atom. The van der Waals surface area contributed by atoms with E-state index in [1.54, 1.807) is 20.2 Å². The van der Waals surface area contributed by atoms with Crippen molar-refractivity contribution in [3.8, 4) is 0 Å². The second-order valence-corrected chi connectivity index (χ2v) is 5.67. The summed E-state index contributed by atoms with van der Waals surface area (Å²) in [6.45, 7) is 7.51. The van der Waals surface area contributed by atoms with E-state index in [1.165, 1.54) is 0 Å². The number of halogens is 1. The van der Waals surface area contributed by atoms with Gasteiger partial charge in [-0.1, -0.05) is 5.16 Å². The number of aliphatic imine (C=N–C) groups is 1. The number of aromatic nitrogens is 1. The molecule has 1 amide bonds. The Morgan fingerprint density at radius 3 is 2.67 bits per heavy atom. The monoisotopic (exact) mass is 450 g/mol. The number of piperazine rings is 1. The molecule has 9 heteroatoms. The fourth-order valence-electron chi connectivity index (χ4n) is 2.63. The topological polar surface area (TPSA) is 77.2 Å². The Labute approximate surface area is 160 Å². The van der Waals surface area contributed by atoms with Crippen molar-refractivity contribution in [1.29, 1.82) is 0 Å². The van der Waals surface area contributed by atoms with Crippen LogP contribution in [0.25, 0.3) is 0 Å². The van der Waals surface area contributed by atoms with Crippen LogP contribution in [-0.4, -0.2) is 85.1 Å². The van der Waals surface area contributed by atoms with Crippen LogP contribution >= 0.6 is 24.0 Å². The van der Waals surface area contributed by atoms with Gasteiger partial charge in [-0.2, -0.15) is 0 Å². The summed E-state index contributed by atoms with van der Waals surface area (Å²) < 4.78 is 4.84. The maximum absolute atomic E-state index is 11.3. The normalized spacial score (nSPS) is 15.8. The van der Waals surface area contributed by atoms with Crippen LogP contribution in [0.1, 0.15) is 12.6 Å². The molecule has 0 radical (unpaired) electrons. The van der Waals surface area contributed by atoms with Gasteiger partial charge in [-0.3, -0.25) is 14.7 Å². The number of rotatable bonds is 5. The zero-order chi connectivity index (χ0) is 16.7. The quantitative estimate of drug-likeness (QED) is 0.399. The van der Waals surface area contributed by atoms with E-state index < -0.39 is 0 Å². The highest BCUT2D eigenvalue weighted by Crippen LogP contribution is 2.02. The summed E-state index contributed by atoms with van der Waals surface area (Å²) in [5.41, 5.74) is 0.871. The van der Waals surface area contributed by atoms with E-state index in [-0.39, 0.29) is 29.9 Å². The number of hydrogen-bond donors (Lipinski definition) is 1. The third-order valence-electron chi connectivity index (χ3n) is 3.99. The molecule has 0 unspecified atom stereocenters. The lowest BCUT2D eigenvalue weighted by Crippen LogP contribution is -2.50. The Balaban J connectivity index is 0.00000288. The predicted molar refractivity (Wildman–Crippen MR) is 103 cm³/mol. The Morgan fingerprint density at radius 2 is 2.12 bits per heavy atom. The molecule has 2 heterocycles. The van der Waals surface area contributed by atoms with Gasteiger partial charge in [0.1, 0.15) is 12.0 Å². The molecule has 1 aromatic rings. The zero-order valence-corrected chi connectivity index (χ0v) is 16.9. The standard InChI is InChI=1S/C15H26N6O2.HI/c1-13(22)21-9-7-20(8-10-21)6-5-17-15(16-2)19(3)12-14-4-11-23-18-14;/h4,11H,5-10,12H2,1-3H3,(H,16,17);1H. The first-order valence-corrected chi connectivity index (χ1v) is 7.89. The molecule has 1 aromatic heterocycles. The lowest BCUT2D eigenvalue weighted by atomic mass is 10.3. The molecule has 0 aliphatic carbocycles. The highest BCUT2D eigenvalue weighted by molar-refractivity contribution is 14.0. The molecule has 24 heavy (non-hydrogen) atoms. The molecule has 1 N–H and O–H groups in total. The van der Waals surface area contributed by atoms with Gasteiger partial charge in [0.15, 0.2) is 5.96 Å². The first kappa shape index (κ1) is 20.7. The second-order valence-electron chi connectivity index (χ2n) is 5.67. The highest BCUT2D eigenvalue weighted by atomic mass is 127. The van der Waals surface area contributed by atoms with Gasteiger partial charge in [0.05, 0.1) is 6.54 Å². The first-order valence-electron chi connectivity index (χ1n) is 7.89. The van der Waals surface area contributed by atoms with Crippen LogP contribution in [0.2, 0.25) is 0 Å². The Hall–Kier alpha value is -1.36. The molecule has 0 aromatic carbocycles. The minimum atomic E-state index is 0. The number of hydrogen-bond acceptors (Lipinski definition) is 5. The molecule has 0 saturated carbocycles. The van der Waals surface area contributed by atoms with Crippen LogP contribution in [0.4, 0.5) is 0 Å². The average molecular weight is 450 g/mol.